The molecule has 0 bridgehead atoms. The summed E-state index contributed by atoms with van der Waals surface area (Å²) in [6, 6.07) is 0. The van der Waals surface area contributed by atoms with E-state index in [4.69, 9.17) is 9.84 Å². The molecular weight excluding hydrogens is 270 g/mol. The molecule has 0 aromatic rings. The van der Waals surface area contributed by atoms with Crippen LogP contribution in [0.25, 0.3) is 0 Å². The van der Waals surface area contributed by atoms with Gasteiger partial charge in [0.1, 0.15) is 15.4 Å². The molecule has 0 spiro atoms. The van der Waals surface area contributed by atoms with Gasteiger partial charge in [-0.25, -0.2) is 13.2 Å². The minimum Gasteiger partial charge on any atom is -0.444 e. The molecule has 7 heteroatoms. The van der Waals surface area contributed by atoms with Crippen molar-refractivity contribution in [3.8, 4) is 0 Å². The number of rotatable bonds is 3. The molecule has 0 atom stereocenters. The first kappa shape index (κ1) is 16.2. The van der Waals surface area contributed by atoms with Gasteiger partial charge in [0.15, 0.2) is 0 Å². The van der Waals surface area contributed by atoms with Crippen molar-refractivity contribution in [1.82, 2.24) is 5.32 Å². The maximum absolute atomic E-state index is 11.8. The van der Waals surface area contributed by atoms with E-state index in [0.717, 1.165) is 0 Å². The van der Waals surface area contributed by atoms with Crippen LogP contribution < -0.4 is 5.32 Å². The van der Waals surface area contributed by atoms with Gasteiger partial charge in [-0.2, -0.15) is 0 Å². The summed E-state index contributed by atoms with van der Waals surface area (Å²) in [4.78, 5) is 11.8. The second kappa shape index (κ2) is 5.66. The van der Waals surface area contributed by atoms with E-state index in [0.29, 0.717) is 19.3 Å². The number of carbonyl (C=O) groups excluding carboxylic acids is 1. The van der Waals surface area contributed by atoms with Gasteiger partial charge in [0.2, 0.25) is 0 Å². The van der Waals surface area contributed by atoms with Crippen LogP contribution in [0.4, 0.5) is 4.79 Å². The van der Waals surface area contributed by atoms with Crippen LogP contribution in [0.3, 0.4) is 0 Å². The Hall–Kier alpha value is -0.820. The number of ether oxygens (including phenoxy) is 1. The highest BCUT2D eigenvalue weighted by Gasteiger charge is 2.39. The quantitative estimate of drug-likeness (QED) is 0.804. The molecule has 1 amide bonds. The molecule has 1 fully saturated rings. The predicted octanol–water partition coefficient (Wildman–Crippen LogP) is 0.841. The second-order valence-electron chi connectivity index (χ2n) is 6.03. The molecule has 0 saturated carbocycles. The van der Waals surface area contributed by atoms with Crippen molar-refractivity contribution < 1.29 is 23.1 Å². The Balaban J connectivity index is 2.71. The number of alkyl carbamates (subject to hydrolysis) is 1. The lowest BCUT2D eigenvalue weighted by Crippen LogP contribution is -2.54. The number of amides is 1. The van der Waals surface area contributed by atoms with Crippen LogP contribution in [-0.2, 0) is 14.6 Å². The van der Waals surface area contributed by atoms with Gasteiger partial charge in [-0.3, -0.25) is 0 Å². The lowest BCUT2D eigenvalue weighted by molar-refractivity contribution is 0.0425. The van der Waals surface area contributed by atoms with Crippen molar-refractivity contribution in [2.45, 2.75) is 51.2 Å². The van der Waals surface area contributed by atoms with Crippen LogP contribution >= 0.6 is 0 Å². The Labute approximate surface area is 114 Å². The SMILES string of the molecule is CC(C)(C)OC(=O)NC1(CCO)CCS(=O)(=O)CC1. The maximum Gasteiger partial charge on any atom is 0.408 e. The van der Waals surface area contributed by atoms with Crippen molar-refractivity contribution in [2.75, 3.05) is 18.1 Å². The van der Waals surface area contributed by atoms with Gasteiger partial charge in [0.25, 0.3) is 0 Å². The van der Waals surface area contributed by atoms with Gasteiger partial charge in [-0.15, -0.1) is 0 Å². The molecule has 1 rings (SSSR count). The Morgan fingerprint density at radius 1 is 1.32 bits per heavy atom. The molecule has 19 heavy (non-hydrogen) atoms. The monoisotopic (exact) mass is 293 g/mol. The first-order valence-corrected chi connectivity index (χ1v) is 8.22. The summed E-state index contributed by atoms with van der Waals surface area (Å²) in [5.41, 5.74) is -1.28. The maximum atomic E-state index is 11.8. The predicted molar refractivity (Wildman–Crippen MR) is 71.7 cm³/mol. The lowest BCUT2D eigenvalue weighted by Gasteiger charge is -2.37. The van der Waals surface area contributed by atoms with Gasteiger partial charge in [-0.05, 0) is 40.0 Å². The van der Waals surface area contributed by atoms with E-state index in [1.807, 2.05) is 0 Å². The first-order valence-electron chi connectivity index (χ1n) is 6.40. The number of aliphatic hydroxyl groups is 1. The number of nitrogens with one attached hydrogen (secondary N) is 1. The molecule has 6 nitrogen and oxygen atoms in total. The Bertz CT molecular complexity index is 410. The van der Waals surface area contributed by atoms with Crippen LogP contribution in [0.2, 0.25) is 0 Å². The van der Waals surface area contributed by atoms with Crippen LogP contribution in [-0.4, -0.2) is 48.9 Å². The zero-order valence-electron chi connectivity index (χ0n) is 11.7. The second-order valence-corrected chi connectivity index (χ2v) is 8.34. The van der Waals surface area contributed by atoms with Crippen LogP contribution in [0.1, 0.15) is 40.0 Å². The summed E-state index contributed by atoms with van der Waals surface area (Å²) in [7, 11) is -3.02. The van der Waals surface area contributed by atoms with E-state index in [1.165, 1.54) is 0 Å². The van der Waals surface area contributed by atoms with Crippen LogP contribution in [0, 0.1) is 0 Å². The average Bonchev–Trinajstić information content (AvgIpc) is 2.20. The van der Waals surface area contributed by atoms with Gasteiger partial charge in [-0.1, -0.05) is 0 Å². The minimum atomic E-state index is -3.02. The largest absolute Gasteiger partial charge is 0.444 e. The van der Waals surface area contributed by atoms with E-state index in [2.05, 4.69) is 5.32 Å². The molecule has 1 heterocycles. The number of aliphatic hydroxyl groups excluding tert-OH is 1. The van der Waals surface area contributed by atoms with E-state index in [-0.39, 0.29) is 18.1 Å². The van der Waals surface area contributed by atoms with E-state index in [1.54, 1.807) is 20.8 Å². The number of hydrogen-bond acceptors (Lipinski definition) is 5. The van der Waals surface area contributed by atoms with E-state index >= 15 is 0 Å². The number of hydrogen-bond donors (Lipinski definition) is 2. The average molecular weight is 293 g/mol. The summed E-state index contributed by atoms with van der Waals surface area (Å²) in [5, 5.41) is 11.9. The summed E-state index contributed by atoms with van der Waals surface area (Å²) in [5.74, 6) is 0.0611. The Morgan fingerprint density at radius 2 is 1.84 bits per heavy atom. The van der Waals surface area contributed by atoms with Crippen LogP contribution in [0.15, 0.2) is 0 Å². The van der Waals surface area contributed by atoms with Gasteiger partial charge >= 0.3 is 6.09 Å². The normalized spacial score (nSPS) is 21.7. The van der Waals surface area contributed by atoms with Crippen molar-refractivity contribution in [2.24, 2.45) is 0 Å². The van der Waals surface area contributed by atoms with E-state index in [9.17, 15) is 13.2 Å². The fourth-order valence-electron chi connectivity index (χ4n) is 2.10. The van der Waals surface area contributed by atoms with Crippen LogP contribution in [0.5, 0.6) is 0 Å². The number of carbonyl (C=O) groups is 1. The highest BCUT2D eigenvalue weighted by molar-refractivity contribution is 7.91. The van der Waals surface area contributed by atoms with Crippen molar-refractivity contribution in [3.05, 3.63) is 0 Å². The third kappa shape index (κ3) is 5.36. The highest BCUT2D eigenvalue weighted by atomic mass is 32.2. The fraction of sp³-hybridized carbons (Fsp3) is 0.917. The zero-order valence-corrected chi connectivity index (χ0v) is 12.5. The molecule has 0 unspecified atom stereocenters. The molecule has 0 aromatic carbocycles. The minimum absolute atomic E-state index is 0.0306. The summed E-state index contributed by atoms with van der Waals surface area (Å²) >= 11 is 0. The smallest absolute Gasteiger partial charge is 0.408 e. The van der Waals surface area contributed by atoms with Crippen molar-refractivity contribution in [3.63, 3.8) is 0 Å². The van der Waals surface area contributed by atoms with Gasteiger partial charge in [0.05, 0.1) is 11.5 Å². The molecule has 1 aliphatic rings. The van der Waals surface area contributed by atoms with Crippen molar-refractivity contribution >= 4 is 15.9 Å². The Morgan fingerprint density at radius 3 is 2.26 bits per heavy atom. The number of sulfone groups is 1. The molecule has 0 radical (unpaired) electrons. The molecule has 2 N–H and O–H groups in total. The molecule has 112 valence electrons. The van der Waals surface area contributed by atoms with Gasteiger partial charge in [0, 0.05) is 12.1 Å². The lowest BCUT2D eigenvalue weighted by atomic mass is 9.89. The molecular formula is C12H23NO5S. The highest BCUT2D eigenvalue weighted by Crippen LogP contribution is 2.27. The molecule has 1 aliphatic heterocycles. The fourth-order valence-corrected chi connectivity index (χ4v) is 3.71. The Kier molecular flexibility index (Phi) is 4.84. The summed E-state index contributed by atoms with van der Waals surface area (Å²) in [6.07, 6.45) is 0.395. The van der Waals surface area contributed by atoms with Gasteiger partial charge < -0.3 is 15.2 Å². The third-order valence-corrected chi connectivity index (χ3v) is 4.79. The molecule has 1 saturated heterocycles. The summed E-state index contributed by atoms with van der Waals surface area (Å²) in [6.45, 7) is 5.18. The van der Waals surface area contributed by atoms with E-state index < -0.39 is 27.1 Å². The zero-order chi connectivity index (χ0) is 14.7. The first-order chi connectivity index (χ1) is 8.58. The van der Waals surface area contributed by atoms with Crippen molar-refractivity contribution in [1.29, 1.82) is 0 Å². The third-order valence-electron chi connectivity index (χ3n) is 3.14. The molecule has 0 aromatic heterocycles. The standard InChI is InChI=1S/C12H23NO5S/c1-11(2,3)18-10(15)13-12(4-7-14)5-8-19(16,17)9-6-12/h14H,4-9H2,1-3H3,(H,13,15). The molecule has 0 aliphatic carbocycles. The summed E-state index contributed by atoms with van der Waals surface area (Å²) < 4.78 is 28.1. The topological polar surface area (TPSA) is 92.7 Å².